The van der Waals surface area contributed by atoms with Gasteiger partial charge in [-0.15, -0.1) is 0 Å². The summed E-state index contributed by atoms with van der Waals surface area (Å²) in [4.78, 5) is 15.1. The van der Waals surface area contributed by atoms with Gasteiger partial charge in [0.15, 0.2) is 0 Å². The van der Waals surface area contributed by atoms with Gasteiger partial charge in [-0.3, -0.25) is 4.99 Å². The van der Waals surface area contributed by atoms with Crippen molar-refractivity contribution in [3.05, 3.63) is 0 Å². The van der Waals surface area contributed by atoms with Crippen LogP contribution in [0.1, 0.15) is 33.6 Å². The average Bonchev–Trinajstić information content (AvgIpc) is 2.05. The van der Waals surface area contributed by atoms with E-state index in [2.05, 4.69) is 11.9 Å². The van der Waals surface area contributed by atoms with Crippen molar-refractivity contribution >= 4 is 11.7 Å². The van der Waals surface area contributed by atoms with Crippen molar-refractivity contribution < 1.29 is 9.53 Å². The largest absolute Gasteiger partial charge is 0.462 e. The molecule has 70 valence electrons. The van der Waals surface area contributed by atoms with E-state index in [9.17, 15) is 4.79 Å². The molecule has 0 unspecified atom stereocenters. The van der Waals surface area contributed by atoms with E-state index in [1.54, 1.807) is 13.8 Å². The Labute approximate surface area is 73.8 Å². The Hall–Kier alpha value is -0.860. The van der Waals surface area contributed by atoms with E-state index >= 15 is 0 Å². The number of esters is 1. The van der Waals surface area contributed by atoms with Gasteiger partial charge in [-0.05, 0) is 20.3 Å². The minimum Gasteiger partial charge on any atom is -0.462 e. The van der Waals surface area contributed by atoms with Gasteiger partial charge in [0.2, 0.25) is 0 Å². The lowest BCUT2D eigenvalue weighted by Gasteiger charge is -1.99. The topological polar surface area (TPSA) is 38.7 Å². The number of nitrogens with zero attached hydrogens (tertiary/aromatic N) is 1. The normalized spacial score (nSPS) is 11.4. The molecule has 0 aromatic carbocycles. The molecule has 0 rings (SSSR count). The Morgan fingerprint density at radius 1 is 1.42 bits per heavy atom. The van der Waals surface area contributed by atoms with Crippen LogP contribution in [0.15, 0.2) is 4.99 Å². The van der Waals surface area contributed by atoms with Crippen LogP contribution in [0.2, 0.25) is 0 Å². The van der Waals surface area contributed by atoms with Crippen LogP contribution < -0.4 is 0 Å². The molecule has 0 N–H and O–H groups in total. The summed E-state index contributed by atoms with van der Waals surface area (Å²) in [6, 6.07) is 0. The Morgan fingerprint density at radius 2 is 2.08 bits per heavy atom. The van der Waals surface area contributed by atoms with Gasteiger partial charge < -0.3 is 4.74 Å². The van der Waals surface area contributed by atoms with Crippen molar-refractivity contribution in [2.45, 2.75) is 33.6 Å². The third kappa shape index (κ3) is 4.88. The maximum Gasteiger partial charge on any atom is 0.351 e. The number of hydrogen-bond donors (Lipinski definition) is 0. The van der Waals surface area contributed by atoms with Crippen LogP contribution in [-0.2, 0) is 9.53 Å². The quantitative estimate of drug-likeness (QED) is 0.359. The van der Waals surface area contributed by atoms with Crippen LogP contribution in [0.5, 0.6) is 0 Å². The highest BCUT2D eigenvalue weighted by Gasteiger charge is 2.04. The van der Waals surface area contributed by atoms with Crippen LogP contribution >= 0.6 is 0 Å². The number of ether oxygens (including phenoxy) is 1. The molecule has 0 saturated carbocycles. The van der Waals surface area contributed by atoms with Crippen LogP contribution in [-0.4, -0.2) is 24.8 Å². The molecule has 0 heterocycles. The van der Waals surface area contributed by atoms with E-state index in [4.69, 9.17) is 4.74 Å². The minimum absolute atomic E-state index is 0.298. The fourth-order valence-electron chi connectivity index (χ4n) is 0.705. The summed E-state index contributed by atoms with van der Waals surface area (Å²) >= 11 is 0. The van der Waals surface area contributed by atoms with Gasteiger partial charge in [-0.25, -0.2) is 4.79 Å². The molecule has 0 aliphatic rings. The Balaban J connectivity index is 3.74. The number of carbonyl (C=O) groups is 1. The summed E-state index contributed by atoms with van der Waals surface area (Å²) in [6.45, 7) is 6.71. The number of rotatable bonds is 5. The van der Waals surface area contributed by atoms with Crippen LogP contribution in [0.3, 0.4) is 0 Å². The summed E-state index contributed by atoms with van der Waals surface area (Å²) in [5.41, 5.74) is 0.477. The van der Waals surface area contributed by atoms with E-state index in [-0.39, 0.29) is 5.97 Å². The van der Waals surface area contributed by atoms with Gasteiger partial charge in [0.1, 0.15) is 5.71 Å². The van der Waals surface area contributed by atoms with Crippen LogP contribution in [0, 0.1) is 0 Å². The Bertz CT molecular complexity index is 164. The first-order valence-corrected chi connectivity index (χ1v) is 4.40. The zero-order valence-corrected chi connectivity index (χ0v) is 8.09. The molecular formula is C9H17NO2. The maximum atomic E-state index is 11.0. The van der Waals surface area contributed by atoms with Gasteiger partial charge in [-0.1, -0.05) is 13.3 Å². The lowest BCUT2D eigenvalue weighted by atomic mass is 10.3. The first kappa shape index (κ1) is 11.1. The molecule has 0 spiro atoms. The average molecular weight is 171 g/mol. The first-order valence-electron chi connectivity index (χ1n) is 4.40. The predicted molar refractivity (Wildman–Crippen MR) is 49.5 cm³/mol. The summed E-state index contributed by atoms with van der Waals surface area (Å²) in [5, 5.41) is 0. The molecule has 0 radical (unpaired) electrons. The minimum atomic E-state index is -0.298. The second-order valence-electron chi connectivity index (χ2n) is 2.54. The molecule has 12 heavy (non-hydrogen) atoms. The van der Waals surface area contributed by atoms with Gasteiger partial charge in [0, 0.05) is 6.54 Å². The second kappa shape index (κ2) is 6.83. The van der Waals surface area contributed by atoms with E-state index in [0.717, 1.165) is 19.4 Å². The number of hydrogen-bond acceptors (Lipinski definition) is 3. The molecule has 0 atom stereocenters. The van der Waals surface area contributed by atoms with Crippen molar-refractivity contribution in [1.29, 1.82) is 0 Å². The molecule has 3 heteroatoms. The summed E-state index contributed by atoms with van der Waals surface area (Å²) in [5.74, 6) is -0.298. The summed E-state index contributed by atoms with van der Waals surface area (Å²) in [7, 11) is 0. The van der Waals surface area contributed by atoms with Gasteiger partial charge in [-0.2, -0.15) is 0 Å². The highest BCUT2D eigenvalue weighted by Crippen LogP contribution is 1.90. The smallest absolute Gasteiger partial charge is 0.351 e. The van der Waals surface area contributed by atoms with E-state index < -0.39 is 0 Å². The standard InChI is InChI=1S/C9H17NO2/c1-4-6-7-10-8(3)9(11)12-5-2/h4-7H2,1-3H3/b10-8+. The molecule has 0 aliphatic heterocycles. The fourth-order valence-corrected chi connectivity index (χ4v) is 0.705. The van der Waals surface area contributed by atoms with Crippen molar-refractivity contribution in [3.63, 3.8) is 0 Å². The van der Waals surface area contributed by atoms with Gasteiger partial charge >= 0.3 is 5.97 Å². The lowest BCUT2D eigenvalue weighted by molar-refractivity contribution is -0.135. The molecule has 0 amide bonds. The molecule has 3 nitrogen and oxygen atoms in total. The third-order valence-corrected chi connectivity index (χ3v) is 1.43. The summed E-state index contributed by atoms with van der Waals surface area (Å²) in [6.07, 6.45) is 2.12. The van der Waals surface area contributed by atoms with E-state index in [1.807, 2.05) is 0 Å². The lowest BCUT2D eigenvalue weighted by Crippen LogP contribution is -2.14. The molecule has 0 saturated heterocycles. The van der Waals surface area contributed by atoms with E-state index in [0.29, 0.717) is 12.3 Å². The number of carbonyl (C=O) groups excluding carboxylic acids is 1. The van der Waals surface area contributed by atoms with E-state index in [1.165, 1.54) is 0 Å². The zero-order chi connectivity index (χ0) is 9.40. The fraction of sp³-hybridized carbons (Fsp3) is 0.778. The maximum absolute atomic E-state index is 11.0. The molecule has 0 bridgehead atoms. The first-order chi connectivity index (χ1) is 5.72. The van der Waals surface area contributed by atoms with Gasteiger partial charge in [0.05, 0.1) is 6.61 Å². The van der Waals surface area contributed by atoms with Crippen molar-refractivity contribution in [3.8, 4) is 0 Å². The van der Waals surface area contributed by atoms with Crippen molar-refractivity contribution in [2.24, 2.45) is 4.99 Å². The third-order valence-electron chi connectivity index (χ3n) is 1.43. The summed E-state index contributed by atoms with van der Waals surface area (Å²) < 4.78 is 4.76. The number of aliphatic imine (C=N–C) groups is 1. The molecular weight excluding hydrogens is 154 g/mol. The second-order valence-corrected chi connectivity index (χ2v) is 2.54. The van der Waals surface area contributed by atoms with Crippen molar-refractivity contribution in [2.75, 3.05) is 13.2 Å². The highest BCUT2D eigenvalue weighted by molar-refractivity contribution is 6.35. The highest BCUT2D eigenvalue weighted by atomic mass is 16.5. The molecule has 0 aromatic rings. The zero-order valence-electron chi connectivity index (χ0n) is 8.09. The Morgan fingerprint density at radius 3 is 2.58 bits per heavy atom. The van der Waals surface area contributed by atoms with Crippen LogP contribution in [0.25, 0.3) is 0 Å². The molecule has 0 fully saturated rings. The monoisotopic (exact) mass is 171 g/mol. The van der Waals surface area contributed by atoms with Gasteiger partial charge in [0.25, 0.3) is 0 Å². The SMILES string of the molecule is CCCC/N=C(\C)C(=O)OCC. The molecule has 0 aliphatic carbocycles. The van der Waals surface area contributed by atoms with Crippen LogP contribution in [0.4, 0.5) is 0 Å². The Kier molecular flexibility index (Phi) is 6.34. The number of unbranched alkanes of at least 4 members (excludes halogenated alkanes) is 1. The predicted octanol–water partition coefficient (Wildman–Crippen LogP) is 1.81. The molecule has 0 aromatic heterocycles. The van der Waals surface area contributed by atoms with Crippen molar-refractivity contribution in [1.82, 2.24) is 0 Å².